The van der Waals surface area contributed by atoms with Gasteiger partial charge >= 0.3 is 6.03 Å². The number of para-hydroxylation sites is 1. The molecule has 0 aromatic heterocycles. The van der Waals surface area contributed by atoms with E-state index in [1.54, 1.807) is 11.9 Å². The number of hydrogen-bond acceptors (Lipinski definition) is 4. The summed E-state index contributed by atoms with van der Waals surface area (Å²) in [7, 11) is 1.65. The molecular weight excluding hydrogens is 552 g/mol. The number of rotatable bonds is 8. The van der Waals surface area contributed by atoms with E-state index < -0.39 is 12.1 Å². The predicted octanol–water partition coefficient (Wildman–Crippen LogP) is 6.14. The van der Waals surface area contributed by atoms with Crippen molar-refractivity contribution in [3.05, 3.63) is 137 Å². The van der Waals surface area contributed by atoms with Crippen LogP contribution >= 0.6 is 0 Å². The fourth-order valence-electron chi connectivity index (χ4n) is 5.93. The van der Waals surface area contributed by atoms with E-state index in [2.05, 4.69) is 10.6 Å². The number of benzene rings is 4. The van der Waals surface area contributed by atoms with Crippen molar-refractivity contribution in [2.75, 3.05) is 18.9 Å². The molecule has 0 fully saturated rings. The number of ether oxygens (including phenoxy) is 1. The Balaban J connectivity index is 1.32. The van der Waals surface area contributed by atoms with Gasteiger partial charge in [-0.05, 0) is 72.5 Å². The minimum absolute atomic E-state index is 0.132. The van der Waals surface area contributed by atoms with E-state index in [4.69, 9.17) is 4.74 Å². The SMILES string of the molecule is Cc1cc(C)cc(NC(=O)[C@@H](Cc2ccccc2)N2CC3=C(C2=O)[C@H](c2cccc(Oc4ccccc4)c2)NC(=O)N3C)c1. The molecule has 222 valence electrons. The number of nitrogens with zero attached hydrogens (tertiary/aromatic N) is 2. The van der Waals surface area contributed by atoms with Crippen LogP contribution in [0, 0.1) is 13.8 Å². The zero-order chi connectivity index (χ0) is 30.8. The van der Waals surface area contributed by atoms with Crippen LogP contribution in [0.5, 0.6) is 11.5 Å². The van der Waals surface area contributed by atoms with Crippen LogP contribution in [-0.4, -0.2) is 47.3 Å². The maximum absolute atomic E-state index is 14.3. The molecule has 2 aliphatic heterocycles. The van der Waals surface area contributed by atoms with Gasteiger partial charge in [0.25, 0.3) is 5.91 Å². The fourth-order valence-corrected chi connectivity index (χ4v) is 5.93. The molecular formula is C36H34N4O4. The summed E-state index contributed by atoms with van der Waals surface area (Å²) < 4.78 is 6.04. The van der Waals surface area contributed by atoms with E-state index in [9.17, 15) is 14.4 Å². The Bertz CT molecular complexity index is 1730. The molecule has 8 heteroatoms. The maximum atomic E-state index is 14.3. The van der Waals surface area contributed by atoms with Gasteiger partial charge in [-0.15, -0.1) is 0 Å². The fraction of sp³-hybridized carbons (Fsp3) is 0.194. The summed E-state index contributed by atoms with van der Waals surface area (Å²) in [5, 5.41) is 6.04. The van der Waals surface area contributed by atoms with Crippen LogP contribution in [-0.2, 0) is 16.0 Å². The quantitative estimate of drug-likeness (QED) is 0.260. The van der Waals surface area contributed by atoms with Gasteiger partial charge in [0.1, 0.15) is 17.5 Å². The minimum Gasteiger partial charge on any atom is -0.457 e. The monoisotopic (exact) mass is 586 g/mol. The third-order valence-corrected chi connectivity index (χ3v) is 8.00. The summed E-state index contributed by atoms with van der Waals surface area (Å²) in [5.74, 6) is 0.686. The molecule has 2 aliphatic rings. The van der Waals surface area contributed by atoms with Crippen LogP contribution < -0.4 is 15.4 Å². The highest BCUT2D eigenvalue weighted by Gasteiger charge is 2.46. The lowest BCUT2D eigenvalue weighted by Gasteiger charge is -2.31. The Labute approximate surface area is 256 Å². The first kappa shape index (κ1) is 28.7. The molecule has 0 spiro atoms. The lowest BCUT2D eigenvalue weighted by atomic mass is 9.95. The highest BCUT2D eigenvalue weighted by Crippen LogP contribution is 2.38. The number of amides is 4. The van der Waals surface area contributed by atoms with Gasteiger partial charge in [0.05, 0.1) is 23.9 Å². The molecule has 6 rings (SSSR count). The highest BCUT2D eigenvalue weighted by molar-refractivity contribution is 6.05. The van der Waals surface area contributed by atoms with Crippen molar-refractivity contribution in [3.8, 4) is 11.5 Å². The van der Waals surface area contributed by atoms with Gasteiger partial charge in [-0.2, -0.15) is 0 Å². The number of anilines is 1. The summed E-state index contributed by atoms with van der Waals surface area (Å²) in [5.41, 5.74) is 5.40. The highest BCUT2D eigenvalue weighted by atomic mass is 16.5. The first-order valence-corrected chi connectivity index (χ1v) is 14.6. The smallest absolute Gasteiger partial charge is 0.322 e. The van der Waals surface area contributed by atoms with Crippen LogP contribution in [0.15, 0.2) is 114 Å². The average molecular weight is 587 g/mol. The van der Waals surface area contributed by atoms with Crippen LogP contribution in [0.4, 0.5) is 10.5 Å². The molecule has 0 saturated heterocycles. The maximum Gasteiger partial charge on any atom is 0.322 e. The van der Waals surface area contributed by atoms with Gasteiger partial charge in [-0.1, -0.05) is 66.7 Å². The first-order chi connectivity index (χ1) is 21.3. The van der Waals surface area contributed by atoms with E-state index in [0.29, 0.717) is 40.4 Å². The number of nitrogens with one attached hydrogen (secondary N) is 2. The van der Waals surface area contributed by atoms with E-state index in [1.807, 2.05) is 117 Å². The molecule has 2 heterocycles. The summed E-state index contributed by atoms with van der Waals surface area (Å²) in [6.07, 6.45) is 0.319. The van der Waals surface area contributed by atoms with Crippen molar-refractivity contribution in [1.82, 2.24) is 15.1 Å². The zero-order valence-electron chi connectivity index (χ0n) is 24.9. The van der Waals surface area contributed by atoms with Crippen molar-refractivity contribution < 1.29 is 19.1 Å². The third-order valence-electron chi connectivity index (χ3n) is 8.00. The Kier molecular flexibility index (Phi) is 7.89. The van der Waals surface area contributed by atoms with Crippen molar-refractivity contribution in [2.24, 2.45) is 0 Å². The van der Waals surface area contributed by atoms with Crippen LogP contribution in [0.25, 0.3) is 0 Å². The third kappa shape index (κ3) is 5.92. The van der Waals surface area contributed by atoms with Gasteiger partial charge in [0, 0.05) is 19.2 Å². The first-order valence-electron chi connectivity index (χ1n) is 14.6. The molecule has 4 aromatic carbocycles. The second-order valence-corrected chi connectivity index (χ2v) is 11.3. The summed E-state index contributed by atoms with van der Waals surface area (Å²) in [6, 6.07) is 30.5. The normalized spacial score (nSPS) is 16.8. The molecule has 0 aliphatic carbocycles. The lowest BCUT2D eigenvalue weighted by molar-refractivity contribution is -0.134. The van der Waals surface area contributed by atoms with E-state index in [1.165, 1.54) is 4.90 Å². The molecule has 4 aromatic rings. The Morgan fingerprint density at radius 3 is 2.25 bits per heavy atom. The van der Waals surface area contributed by atoms with Gasteiger partial charge in [-0.3, -0.25) is 14.5 Å². The predicted molar refractivity (Wildman–Crippen MR) is 169 cm³/mol. The zero-order valence-corrected chi connectivity index (χ0v) is 24.9. The molecule has 0 saturated carbocycles. The largest absolute Gasteiger partial charge is 0.457 e. The Hall–Kier alpha value is -5.37. The summed E-state index contributed by atoms with van der Waals surface area (Å²) >= 11 is 0. The number of carbonyl (C=O) groups excluding carboxylic acids is 3. The van der Waals surface area contributed by atoms with Gasteiger partial charge in [0.2, 0.25) is 5.91 Å². The molecule has 2 N–H and O–H groups in total. The second-order valence-electron chi connectivity index (χ2n) is 11.3. The van der Waals surface area contributed by atoms with Crippen LogP contribution in [0.3, 0.4) is 0 Å². The molecule has 8 nitrogen and oxygen atoms in total. The Morgan fingerprint density at radius 2 is 1.55 bits per heavy atom. The van der Waals surface area contributed by atoms with Gasteiger partial charge < -0.3 is 20.3 Å². The van der Waals surface area contributed by atoms with E-state index in [-0.39, 0.29) is 24.4 Å². The second kappa shape index (κ2) is 12.1. The van der Waals surface area contributed by atoms with Gasteiger partial charge in [0.15, 0.2) is 0 Å². The van der Waals surface area contributed by atoms with Gasteiger partial charge in [-0.25, -0.2) is 4.79 Å². The Morgan fingerprint density at radius 1 is 0.886 bits per heavy atom. The molecule has 2 atom stereocenters. The molecule has 0 radical (unpaired) electrons. The van der Waals surface area contributed by atoms with Crippen molar-refractivity contribution in [3.63, 3.8) is 0 Å². The minimum atomic E-state index is -0.812. The number of aryl methyl sites for hydroxylation is 2. The van der Waals surface area contributed by atoms with Crippen molar-refractivity contribution >= 4 is 23.5 Å². The summed E-state index contributed by atoms with van der Waals surface area (Å²) in [4.78, 5) is 44.5. The van der Waals surface area contributed by atoms with E-state index in [0.717, 1.165) is 16.7 Å². The standard InChI is InChI=1S/C36H34N4O4/c1-23-17-24(2)19-27(18-23)37-34(41)30(20-25-11-6-4-7-12-25)40-22-31-32(35(40)42)33(38-36(43)39(31)3)26-13-10-16-29(21-26)44-28-14-8-5-9-15-28/h4-19,21,30,33H,20,22H2,1-3H3,(H,37,41)(H,38,43)/t30-,33+/m1/s1. The molecule has 0 bridgehead atoms. The lowest BCUT2D eigenvalue weighted by Crippen LogP contribution is -2.47. The van der Waals surface area contributed by atoms with Crippen LogP contribution in [0.2, 0.25) is 0 Å². The van der Waals surface area contributed by atoms with Crippen molar-refractivity contribution in [1.29, 1.82) is 0 Å². The average Bonchev–Trinajstić information content (AvgIpc) is 3.35. The number of hydrogen-bond donors (Lipinski definition) is 2. The van der Waals surface area contributed by atoms with E-state index >= 15 is 0 Å². The van der Waals surface area contributed by atoms with Crippen LogP contribution in [0.1, 0.15) is 28.3 Å². The molecule has 44 heavy (non-hydrogen) atoms. The topological polar surface area (TPSA) is 91.0 Å². The molecule has 0 unspecified atom stereocenters. The summed E-state index contributed by atoms with van der Waals surface area (Å²) in [6.45, 7) is 4.09. The van der Waals surface area contributed by atoms with Crippen molar-refractivity contribution in [2.45, 2.75) is 32.4 Å². The number of carbonyl (C=O) groups is 3. The molecule has 4 amide bonds. The number of likely N-dealkylation sites (N-methyl/N-ethyl adjacent to an activating group) is 1. The number of urea groups is 1.